The van der Waals surface area contributed by atoms with Crippen molar-refractivity contribution in [2.45, 2.75) is 0 Å². The lowest BCUT2D eigenvalue weighted by atomic mass is 10.1. The second kappa shape index (κ2) is 6.10. The van der Waals surface area contributed by atoms with Crippen molar-refractivity contribution in [2.75, 3.05) is 13.2 Å². The number of carboxylic acid groups (broad SMARTS) is 1. The molecule has 0 amide bonds. The van der Waals surface area contributed by atoms with E-state index in [2.05, 4.69) is 10.3 Å². The van der Waals surface area contributed by atoms with Crippen LogP contribution in [0.5, 0.6) is 11.5 Å². The van der Waals surface area contributed by atoms with E-state index in [4.69, 9.17) is 21.1 Å². The zero-order valence-electron chi connectivity index (χ0n) is 12.8. The number of rotatable bonds is 3. The highest BCUT2D eigenvalue weighted by atomic mass is 35.5. The molecule has 7 nitrogen and oxygen atoms in total. The second-order valence-electron chi connectivity index (χ2n) is 5.34. The van der Waals surface area contributed by atoms with E-state index in [1.54, 1.807) is 42.5 Å². The van der Waals surface area contributed by atoms with Crippen molar-refractivity contribution in [3.05, 3.63) is 53.2 Å². The van der Waals surface area contributed by atoms with E-state index in [1.165, 1.54) is 4.68 Å². The molecule has 0 bridgehead atoms. The van der Waals surface area contributed by atoms with Gasteiger partial charge in [0.25, 0.3) is 0 Å². The first-order chi connectivity index (χ1) is 12.1. The van der Waals surface area contributed by atoms with E-state index in [1.807, 2.05) is 0 Å². The van der Waals surface area contributed by atoms with Crippen molar-refractivity contribution in [3.8, 4) is 28.4 Å². The van der Waals surface area contributed by atoms with E-state index >= 15 is 0 Å². The van der Waals surface area contributed by atoms with Crippen LogP contribution in [0.1, 0.15) is 10.5 Å². The van der Waals surface area contributed by atoms with Crippen LogP contribution in [0.25, 0.3) is 16.9 Å². The number of benzene rings is 2. The molecule has 0 saturated heterocycles. The number of hydrogen-bond donors (Lipinski definition) is 1. The third-order valence-corrected chi connectivity index (χ3v) is 4.01. The number of carboxylic acids is 1. The number of nitrogens with zero attached hydrogens (tertiary/aromatic N) is 3. The molecule has 2 heterocycles. The summed E-state index contributed by atoms with van der Waals surface area (Å²) in [4.78, 5) is 11.6. The molecule has 126 valence electrons. The largest absolute Gasteiger partial charge is 0.486 e. The van der Waals surface area contributed by atoms with E-state index < -0.39 is 5.97 Å². The van der Waals surface area contributed by atoms with Gasteiger partial charge in [-0.2, -0.15) is 0 Å². The predicted octanol–water partition coefficient (Wildman–Crippen LogP) is 3.06. The van der Waals surface area contributed by atoms with Gasteiger partial charge in [0.15, 0.2) is 17.2 Å². The van der Waals surface area contributed by atoms with Gasteiger partial charge in [-0.3, -0.25) is 0 Å². The summed E-state index contributed by atoms with van der Waals surface area (Å²) in [6, 6.07) is 12.1. The van der Waals surface area contributed by atoms with Crippen LogP contribution in [0.4, 0.5) is 0 Å². The number of halogens is 1. The van der Waals surface area contributed by atoms with Gasteiger partial charge in [0.2, 0.25) is 0 Å². The highest BCUT2D eigenvalue weighted by Crippen LogP contribution is 2.34. The quantitative estimate of drug-likeness (QED) is 0.775. The summed E-state index contributed by atoms with van der Waals surface area (Å²) in [5, 5.41) is 17.8. The Morgan fingerprint density at radius 3 is 2.52 bits per heavy atom. The molecule has 1 N–H and O–H groups in total. The highest BCUT2D eigenvalue weighted by Gasteiger charge is 2.22. The van der Waals surface area contributed by atoms with Crippen LogP contribution >= 0.6 is 11.6 Å². The zero-order chi connectivity index (χ0) is 17.4. The Morgan fingerprint density at radius 1 is 1.08 bits per heavy atom. The van der Waals surface area contributed by atoms with Gasteiger partial charge in [0.05, 0.1) is 5.69 Å². The summed E-state index contributed by atoms with van der Waals surface area (Å²) in [5.74, 6) is 0.0635. The molecule has 0 unspecified atom stereocenters. The van der Waals surface area contributed by atoms with Gasteiger partial charge in [-0.15, -0.1) is 5.10 Å². The molecule has 1 aromatic heterocycles. The molecule has 0 aliphatic carbocycles. The van der Waals surface area contributed by atoms with Crippen LogP contribution in [0, 0.1) is 0 Å². The third-order valence-electron chi connectivity index (χ3n) is 3.76. The average Bonchev–Trinajstić information content (AvgIpc) is 3.07. The molecule has 8 heteroatoms. The number of carbonyl (C=O) groups is 1. The summed E-state index contributed by atoms with van der Waals surface area (Å²) in [6.45, 7) is 0.951. The SMILES string of the molecule is O=C(O)c1nnn(-c2ccc3c(c2)OCCO3)c1-c1ccc(Cl)cc1. The fourth-order valence-electron chi connectivity index (χ4n) is 2.64. The fourth-order valence-corrected chi connectivity index (χ4v) is 2.76. The lowest BCUT2D eigenvalue weighted by Crippen LogP contribution is -2.15. The summed E-state index contributed by atoms with van der Waals surface area (Å²) in [7, 11) is 0. The van der Waals surface area contributed by atoms with Gasteiger partial charge in [0.1, 0.15) is 18.9 Å². The Balaban J connectivity index is 1.88. The van der Waals surface area contributed by atoms with E-state index in [9.17, 15) is 9.90 Å². The van der Waals surface area contributed by atoms with Gasteiger partial charge in [-0.05, 0) is 24.3 Å². The summed E-state index contributed by atoms with van der Waals surface area (Å²) >= 11 is 5.93. The Morgan fingerprint density at radius 2 is 1.80 bits per heavy atom. The molecule has 2 aromatic carbocycles. The molecule has 25 heavy (non-hydrogen) atoms. The molecule has 3 aromatic rings. The first-order valence-corrected chi connectivity index (χ1v) is 7.86. The Bertz CT molecular complexity index is 953. The summed E-state index contributed by atoms with van der Waals surface area (Å²) < 4.78 is 12.6. The minimum absolute atomic E-state index is 0.141. The molecule has 0 radical (unpaired) electrons. The lowest BCUT2D eigenvalue weighted by Gasteiger charge is -2.19. The number of ether oxygens (including phenoxy) is 2. The Hall–Kier alpha value is -3.06. The molecular weight excluding hydrogens is 346 g/mol. The smallest absolute Gasteiger partial charge is 0.358 e. The summed E-state index contributed by atoms with van der Waals surface area (Å²) in [5.41, 5.74) is 1.48. The molecule has 0 atom stereocenters. The van der Waals surface area contributed by atoms with Crippen LogP contribution in [0.2, 0.25) is 5.02 Å². The van der Waals surface area contributed by atoms with Gasteiger partial charge < -0.3 is 14.6 Å². The van der Waals surface area contributed by atoms with Gasteiger partial charge in [-0.25, -0.2) is 9.48 Å². The fraction of sp³-hybridized carbons (Fsp3) is 0.118. The van der Waals surface area contributed by atoms with Crippen molar-refractivity contribution in [3.63, 3.8) is 0 Å². The monoisotopic (exact) mass is 357 g/mol. The molecule has 0 spiro atoms. The first kappa shape index (κ1) is 15.5. The topological polar surface area (TPSA) is 86.5 Å². The maximum absolute atomic E-state index is 11.6. The minimum Gasteiger partial charge on any atom is -0.486 e. The highest BCUT2D eigenvalue weighted by molar-refractivity contribution is 6.30. The van der Waals surface area contributed by atoms with Crippen LogP contribution in [0.15, 0.2) is 42.5 Å². The van der Waals surface area contributed by atoms with Crippen molar-refractivity contribution in [1.29, 1.82) is 0 Å². The molecular formula is C17H12ClN3O4. The van der Waals surface area contributed by atoms with Gasteiger partial charge in [-0.1, -0.05) is 28.9 Å². The van der Waals surface area contributed by atoms with Crippen molar-refractivity contribution in [1.82, 2.24) is 15.0 Å². The average molecular weight is 358 g/mol. The van der Waals surface area contributed by atoms with Crippen LogP contribution in [-0.4, -0.2) is 39.3 Å². The molecule has 4 rings (SSSR count). The van der Waals surface area contributed by atoms with Crippen LogP contribution < -0.4 is 9.47 Å². The van der Waals surface area contributed by atoms with E-state index in [-0.39, 0.29) is 5.69 Å². The lowest BCUT2D eigenvalue weighted by molar-refractivity contribution is 0.0691. The van der Waals surface area contributed by atoms with Gasteiger partial charge in [0, 0.05) is 16.7 Å². The number of aromatic nitrogens is 3. The van der Waals surface area contributed by atoms with Crippen molar-refractivity contribution < 1.29 is 19.4 Å². The zero-order valence-corrected chi connectivity index (χ0v) is 13.6. The maximum atomic E-state index is 11.6. The Labute approximate surface area is 147 Å². The van der Waals surface area contributed by atoms with Crippen LogP contribution in [0.3, 0.4) is 0 Å². The van der Waals surface area contributed by atoms with Crippen molar-refractivity contribution in [2.24, 2.45) is 0 Å². The predicted molar refractivity (Wildman–Crippen MR) is 89.8 cm³/mol. The van der Waals surface area contributed by atoms with E-state index in [0.29, 0.717) is 46.7 Å². The Kier molecular flexibility index (Phi) is 3.77. The van der Waals surface area contributed by atoms with Crippen molar-refractivity contribution >= 4 is 17.6 Å². The minimum atomic E-state index is -1.16. The number of fused-ring (bicyclic) bond motifs is 1. The molecule has 1 aliphatic heterocycles. The number of hydrogen-bond acceptors (Lipinski definition) is 5. The van der Waals surface area contributed by atoms with Gasteiger partial charge >= 0.3 is 5.97 Å². The maximum Gasteiger partial charge on any atom is 0.358 e. The second-order valence-corrected chi connectivity index (χ2v) is 5.77. The number of aromatic carboxylic acids is 1. The molecule has 0 fully saturated rings. The molecule has 1 aliphatic rings. The van der Waals surface area contributed by atoms with E-state index in [0.717, 1.165) is 0 Å². The third kappa shape index (κ3) is 2.78. The first-order valence-electron chi connectivity index (χ1n) is 7.48. The summed E-state index contributed by atoms with van der Waals surface area (Å²) in [6.07, 6.45) is 0. The van der Waals surface area contributed by atoms with Crippen LogP contribution in [-0.2, 0) is 0 Å². The standard InChI is InChI=1S/C17H12ClN3O4/c18-11-3-1-10(2-4-11)16-15(17(22)23)19-20-21(16)12-5-6-13-14(9-12)25-8-7-24-13/h1-6,9H,7-8H2,(H,22,23). The molecule has 0 saturated carbocycles. The normalized spacial score (nSPS) is 12.8.